The van der Waals surface area contributed by atoms with E-state index >= 15 is 0 Å². The maximum atomic E-state index is 11.3. The van der Waals surface area contributed by atoms with Crippen LogP contribution in [0.25, 0.3) is 10.9 Å². The van der Waals surface area contributed by atoms with E-state index in [0.717, 1.165) is 34.4 Å². The van der Waals surface area contributed by atoms with Crippen molar-refractivity contribution in [3.63, 3.8) is 0 Å². The molecule has 0 saturated heterocycles. The largest absolute Gasteiger partial charge is 0.428 e. The quantitative estimate of drug-likeness (QED) is 0.706. The van der Waals surface area contributed by atoms with Gasteiger partial charge in [-0.25, -0.2) is 9.97 Å². The van der Waals surface area contributed by atoms with Gasteiger partial charge in [0.25, 0.3) is 0 Å². The third-order valence-corrected chi connectivity index (χ3v) is 4.28. The fourth-order valence-corrected chi connectivity index (χ4v) is 3.24. The van der Waals surface area contributed by atoms with Gasteiger partial charge in [0.2, 0.25) is 11.9 Å². The normalized spacial score (nSPS) is 13.8. The molecule has 1 amide bonds. The molecule has 0 atom stereocenters. The fraction of sp³-hybridized carbons (Fsp3) is 0.235. The first-order chi connectivity index (χ1) is 11.6. The van der Waals surface area contributed by atoms with Crippen LogP contribution in [0.4, 0.5) is 11.6 Å². The Morgan fingerprint density at radius 1 is 1.29 bits per heavy atom. The van der Waals surface area contributed by atoms with Crippen molar-refractivity contribution in [3.05, 3.63) is 47.9 Å². The molecule has 0 aliphatic carbocycles. The van der Waals surface area contributed by atoms with Gasteiger partial charge in [-0.3, -0.25) is 4.79 Å². The third kappa shape index (κ3) is 2.34. The van der Waals surface area contributed by atoms with Gasteiger partial charge in [0, 0.05) is 55.5 Å². The zero-order valence-corrected chi connectivity index (χ0v) is 13.2. The van der Waals surface area contributed by atoms with E-state index in [1.807, 2.05) is 12.1 Å². The highest BCUT2D eigenvalue weighted by molar-refractivity contribution is 5.94. The molecule has 0 fully saturated rings. The zero-order valence-electron chi connectivity index (χ0n) is 13.2. The number of aromatic nitrogens is 3. The van der Waals surface area contributed by atoms with Gasteiger partial charge in [-0.2, -0.15) is 4.73 Å². The van der Waals surface area contributed by atoms with Crippen LogP contribution in [0.1, 0.15) is 18.2 Å². The summed E-state index contributed by atoms with van der Waals surface area (Å²) in [6, 6.07) is 7.30. The highest BCUT2D eigenvalue weighted by Gasteiger charge is 2.25. The summed E-state index contributed by atoms with van der Waals surface area (Å²) in [6.07, 6.45) is 4.15. The fourth-order valence-electron chi connectivity index (χ4n) is 3.24. The molecule has 122 valence electrons. The molecule has 1 aliphatic rings. The summed E-state index contributed by atoms with van der Waals surface area (Å²) in [7, 11) is 0. The van der Waals surface area contributed by atoms with Gasteiger partial charge in [0.15, 0.2) is 0 Å². The van der Waals surface area contributed by atoms with Crippen molar-refractivity contribution >= 4 is 28.4 Å². The SMILES string of the molecule is CC(=O)Nc1ccc2c(c1)c1c(n2O)CCN(c2ncccn2)C1. The first-order valence-corrected chi connectivity index (χ1v) is 7.78. The van der Waals surface area contributed by atoms with Gasteiger partial charge in [-0.05, 0) is 24.3 Å². The molecule has 0 bridgehead atoms. The van der Waals surface area contributed by atoms with Crippen molar-refractivity contribution in [1.82, 2.24) is 14.7 Å². The average Bonchev–Trinajstić information content (AvgIpc) is 2.87. The Labute approximate surface area is 138 Å². The van der Waals surface area contributed by atoms with E-state index in [0.29, 0.717) is 18.9 Å². The minimum atomic E-state index is -0.119. The molecule has 0 saturated carbocycles. The molecule has 0 radical (unpaired) electrons. The molecule has 7 heteroatoms. The lowest BCUT2D eigenvalue weighted by Crippen LogP contribution is -2.32. The molecule has 1 aromatic carbocycles. The second-order valence-electron chi connectivity index (χ2n) is 5.87. The highest BCUT2D eigenvalue weighted by Crippen LogP contribution is 2.32. The van der Waals surface area contributed by atoms with Crippen molar-refractivity contribution in [2.75, 3.05) is 16.8 Å². The summed E-state index contributed by atoms with van der Waals surface area (Å²) in [5.41, 5.74) is 3.40. The molecule has 3 heterocycles. The lowest BCUT2D eigenvalue weighted by atomic mass is 10.0. The van der Waals surface area contributed by atoms with Crippen LogP contribution >= 0.6 is 0 Å². The molecule has 2 aromatic heterocycles. The number of hydrogen-bond donors (Lipinski definition) is 2. The van der Waals surface area contributed by atoms with Crippen molar-refractivity contribution in [3.8, 4) is 0 Å². The molecule has 0 spiro atoms. The van der Waals surface area contributed by atoms with Gasteiger partial charge >= 0.3 is 0 Å². The molecule has 2 N–H and O–H groups in total. The number of nitrogens with zero attached hydrogens (tertiary/aromatic N) is 4. The van der Waals surface area contributed by atoms with E-state index < -0.39 is 0 Å². The van der Waals surface area contributed by atoms with E-state index in [1.54, 1.807) is 24.5 Å². The van der Waals surface area contributed by atoms with E-state index in [4.69, 9.17) is 0 Å². The Kier molecular flexibility index (Phi) is 3.34. The predicted octanol–water partition coefficient (Wildman–Crippen LogP) is 2.19. The Hall–Kier alpha value is -3.09. The van der Waals surface area contributed by atoms with Crippen LogP contribution in [0, 0.1) is 0 Å². The van der Waals surface area contributed by atoms with Crippen molar-refractivity contribution in [1.29, 1.82) is 0 Å². The Morgan fingerprint density at radius 2 is 2.08 bits per heavy atom. The summed E-state index contributed by atoms with van der Waals surface area (Å²) >= 11 is 0. The van der Waals surface area contributed by atoms with Crippen molar-refractivity contribution < 1.29 is 10.0 Å². The average molecular weight is 323 g/mol. The summed E-state index contributed by atoms with van der Waals surface area (Å²) in [5.74, 6) is 0.561. The monoisotopic (exact) mass is 323 g/mol. The number of nitrogens with one attached hydrogen (secondary N) is 1. The number of fused-ring (bicyclic) bond motifs is 3. The van der Waals surface area contributed by atoms with Gasteiger partial charge in [-0.15, -0.1) is 0 Å². The zero-order chi connectivity index (χ0) is 16.7. The number of carbonyl (C=O) groups excluding carboxylic acids is 1. The summed E-state index contributed by atoms with van der Waals surface area (Å²) < 4.78 is 1.26. The summed E-state index contributed by atoms with van der Waals surface area (Å²) in [5, 5.41) is 14.2. The number of rotatable bonds is 2. The smallest absolute Gasteiger partial charge is 0.225 e. The number of hydrogen-bond acceptors (Lipinski definition) is 5. The standard InChI is InChI=1S/C17H17N5O2/c1-11(23)20-12-3-4-15-13(9-12)14-10-21(8-5-16(14)22(15)24)17-18-6-2-7-19-17/h2-4,6-7,9,24H,5,8,10H2,1H3,(H,20,23). The minimum Gasteiger partial charge on any atom is -0.428 e. The van der Waals surface area contributed by atoms with Gasteiger partial charge < -0.3 is 15.4 Å². The van der Waals surface area contributed by atoms with E-state index in [-0.39, 0.29) is 5.91 Å². The number of carbonyl (C=O) groups is 1. The predicted molar refractivity (Wildman–Crippen MR) is 90.2 cm³/mol. The lowest BCUT2D eigenvalue weighted by molar-refractivity contribution is -0.114. The Bertz CT molecular complexity index is 920. The third-order valence-electron chi connectivity index (χ3n) is 4.28. The molecule has 0 unspecified atom stereocenters. The number of amides is 1. The van der Waals surface area contributed by atoms with Crippen molar-refractivity contribution in [2.24, 2.45) is 0 Å². The van der Waals surface area contributed by atoms with Gasteiger partial charge in [0.1, 0.15) is 0 Å². The van der Waals surface area contributed by atoms with Crippen LogP contribution in [0.15, 0.2) is 36.7 Å². The maximum absolute atomic E-state index is 11.3. The molecule has 7 nitrogen and oxygen atoms in total. The Morgan fingerprint density at radius 3 is 2.83 bits per heavy atom. The molecule has 4 rings (SSSR count). The summed E-state index contributed by atoms with van der Waals surface area (Å²) in [6.45, 7) is 2.84. The van der Waals surface area contributed by atoms with Crippen LogP contribution < -0.4 is 10.2 Å². The van der Waals surface area contributed by atoms with E-state index in [9.17, 15) is 10.0 Å². The number of benzene rings is 1. The first kappa shape index (κ1) is 14.5. The molecular weight excluding hydrogens is 306 g/mol. The molecular formula is C17H17N5O2. The summed E-state index contributed by atoms with van der Waals surface area (Å²) in [4.78, 5) is 22.0. The molecule has 1 aliphatic heterocycles. The Balaban J connectivity index is 1.78. The van der Waals surface area contributed by atoms with E-state index in [2.05, 4.69) is 20.2 Å². The van der Waals surface area contributed by atoms with Gasteiger partial charge in [-0.1, -0.05) is 0 Å². The van der Waals surface area contributed by atoms with E-state index in [1.165, 1.54) is 11.7 Å². The second-order valence-corrected chi connectivity index (χ2v) is 5.87. The van der Waals surface area contributed by atoms with Crippen LogP contribution in [0.5, 0.6) is 0 Å². The first-order valence-electron chi connectivity index (χ1n) is 7.78. The number of anilines is 2. The molecule has 3 aromatic rings. The van der Waals surface area contributed by atoms with Crippen molar-refractivity contribution in [2.45, 2.75) is 19.9 Å². The van der Waals surface area contributed by atoms with Crippen LogP contribution in [0.3, 0.4) is 0 Å². The van der Waals surface area contributed by atoms with Gasteiger partial charge in [0.05, 0.1) is 11.2 Å². The maximum Gasteiger partial charge on any atom is 0.225 e. The minimum absolute atomic E-state index is 0.119. The lowest BCUT2D eigenvalue weighted by Gasteiger charge is -2.27. The highest BCUT2D eigenvalue weighted by atomic mass is 16.5. The topological polar surface area (TPSA) is 83.3 Å². The second kappa shape index (κ2) is 5.52. The van der Waals surface area contributed by atoms with Crippen LogP contribution in [-0.2, 0) is 17.8 Å². The van der Waals surface area contributed by atoms with Crippen LogP contribution in [-0.4, -0.2) is 32.4 Å². The van der Waals surface area contributed by atoms with Crippen LogP contribution in [0.2, 0.25) is 0 Å². The molecule has 24 heavy (non-hydrogen) atoms.